The van der Waals surface area contributed by atoms with Crippen LogP contribution in [0.4, 0.5) is 0 Å². The van der Waals surface area contributed by atoms with E-state index >= 15 is 0 Å². The number of carbonyl (C=O) groups excluding carboxylic acids is 2. The molecule has 0 spiro atoms. The highest BCUT2D eigenvalue weighted by atomic mass is 16.5. The third-order valence-electron chi connectivity index (χ3n) is 4.64. The lowest BCUT2D eigenvalue weighted by Crippen LogP contribution is -2.13. The van der Waals surface area contributed by atoms with Gasteiger partial charge >= 0.3 is 11.9 Å². The van der Waals surface area contributed by atoms with E-state index in [1.54, 1.807) is 26.0 Å². The third kappa shape index (κ3) is 4.82. The van der Waals surface area contributed by atoms with Crippen LogP contribution in [-0.4, -0.2) is 41.3 Å². The average Bonchev–Trinajstić information content (AvgIpc) is 3.06. The fourth-order valence-electron chi connectivity index (χ4n) is 3.51. The van der Waals surface area contributed by atoms with Crippen LogP contribution >= 0.6 is 0 Å². The molecule has 3 rings (SSSR count). The van der Waals surface area contributed by atoms with Gasteiger partial charge in [0.15, 0.2) is 0 Å². The van der Waals surface area contributed by atoms with Crippen molar-refractivity contribution in [1.82, 2.24) is 4.98 Å². The number of rotatable bonds is 8. The Morgan fingerprint density at radius 3 is 2.29 bits per heavy atom. The average molecular weight is 425 g/mol. The number of aromatic nitrogens is 1. The van der Waals surface area contributed by atoms with E-state index in [-0.39, 0.29) is 37.1 Å². The number of H-pyrrole nitrogens is 1. The van der Waals surface area contributed by atoms with Crippen LogP contribution in [-0.2, 0) is 20.7 Å². The van der Waals surface area contributed by atoms with E-state index in [2.05, 4.69) is 4.98 Å². The number of phenolic OH excluding ortho intramolecular Hbond substituents is 1. The highest BCUT2D eigenvalue weighted by molar-refractivity contribution is 6.13. The van der Waals surface area contributed by atoms with Gasteiger partial charge in [-0.05, 0) is 57.5 Å². The summed E-state index contributed by atoms with van der Waals surface area (Å²) in [6.45, 7) is 7.74. The van der Waals surface area contributed by atoms with Crippen LogP contribution in [0.15, 0.2) is 36.4 Å². The quantitative estimate of drug-likeness (QED) is 0.512. The lowest BCUT2D eigenvalue weighted by Gasteiger charge is -2.12. The molecule has 0 unspecified atom stereocenters. The normalized spacial score (nSPS) is 11.0. The summed E-state index contributed by atoms with van der Waals surface area (Å²) in [4.78, 5) is 28.1. The number of ether oxygens (including phenoxy) is 3. The van der Waals surface area contributed by atoms with Crippen molar-refractivity contribution in [3.63, 3.8) is 0 Å². The monoisotopic (exact) mass is 425 g/mol. The lowest BCUT2D eigenvalue weighted by molar-refractivity contribution is -0.142. The molecule has 1 heterocycles. The van der Waals surface area contributed by atoms with Gasteiger partial charge in [-0.2, -0.15) is 0 Å². The third-order valence-corrected chi connectivity index (χ3v) is 4.64. The molecule has 0 bridgehead atoms. The van der Waals surface area contributed by atoms with Gasteiger partial charge in [-0.25, -0.2) is 4.79 Å². The predicted octanol–water partition coefficient (Wildman–Crippen LogP) is 4.61. The number of carbonyl (C=O) groups is 2. The molecule has 0 amide bonds. The van der Waals surface area contributed by atoms with E-state index in [9.17, 15) is 14.7 Å². The van der Waals surface area contributed by atoms with Gasteiger partial charge in [-0.3, -0.25) is 4.79 Å². The number of esters is 2. The van der Waals surface area contributed by atoms with Crippen LogP contribution in [0.25, 0.3) is 22.0 Å². The van der Waals surface area contributed by atoms with Gasteiger partial charge < -0.3 is 24.3 Å². The SMILES string of the molecule is CCOC(=O)Cc1[nH]c2ccc(O)c(-c3ccc(OC(C)C)cc3)c2c1C(=O)OCC. The molecule has 7 nitrogen and oxygen atoms in total. The molecule has 0 fully saturated rings. The highest BCUT2D eigenvalue weighted by Crippen LogP contribution is 2.40. The molecule has 0 saturated heterocycles. The van der Waals surface area contributed by atoms with Gasteiger partial charge in [-0.15, -0.1) is 0 Å². The molecular formula is C24H27NO6. The molecule has 0 aliphatic carbocycles. The maximum absolute atomic E-state index is 12.9. The zero-order chi connectivity index (χ0) is 22.5. The van der Waals surface area contributed by atoms with Crippen LogP contribution in [0, 0.1) is 0 Å². The summed E-state index contributed by atoms with van der Waals surface area (Å²) < 4.78 is 16.0. The minimum absolute atomic E-state index is 0.0114. The van der Waals surface area contributed by atoms with Crippen molar-refractivity contribution in [1.29, 1.82) is 0 Å². The van der Waals surface area contributed by atoms with E-state index in [1.807, 2.05) is 38.1 Å². The molecule has 3 aromatic rings. The lowest BCUT2D eigenvalue weighted by atomic mass is 9.96. The summed E-state index contributed by atoms with van der Waals surface area (Å²) in [5.74, 6) is -0.314. The minimum Gasteiger partial charge on any atom is -0.507 e. The second kappa shape index (κ2) is 9.55. The van der Waals surface area contributed by atoms with Gasteiger partial charge in [0.05, 0.1) is 31.3 Å². The van der Waals surface area contributed by atoms with Gasteiger partial charge in [0.25, 0.3) is 0 Å². The summed E-state index contributed by atoms with van der Waals surface area (Å²) in [6, 6.07) is 10.5. The molecule has 7 heteroatoms. The Bertz CT molecular complexity index is 1080. The van der Waals surface area contributed by atoms with Crippen molar-refractivity contribution in [2.45, 2.75) is 40.2 Å². The Kier molecular flexibility index (Phi) is 6.84. The van der Waals surface area contributed by atoms with Crippen molar-refractivity contribution < 1.29 is 28.9 Å². The first-order chi connectivity index (χ1) is 14.8. The number of phenols is 1. The first-order valence-electron chi connectivity index (χ1n) is 10.3. The van der Waals surface area contributed by atoms with Crippen molar-refractivity contribution >= 4 is 22.8 Å². The van der Waals surface area contributed by atoms with Crippen LogP contribution in [0.1, 0.15) is 43.7 Å². The Balaban J connectivity index is 2.19. The number of hydrogen-bond acceptors (Lipinski definition) is 6. The zero-order valence-corrected chi connectivity index (χ0v) is 18.2. The van der Waals surface area contributed by atoms with Crippen LogP contribution in [0.2, 0.25) is 0 Å². The summed E-state index contributed by atoms with van der Waals surface area (Å²) in [5.41, 5.74) is 2.39. The van der Waals surface area contributed by atoms with E-state index < -0.39 is 11.9 Å². The predicted molar refractivity (Wildman–Crippen MR) is 117 cm³/mol. The number of fused-ring (bicyclic) bond motifs is 1. The fourth-order valence-corrected chi connectivity index (χ4v) is 3.51. The van der Waals surface area contributed by atoms with E-state index in [0.29, 0.717) is 33.5 Å². The van der Waals surface area contributed by atoms with Crippen molar-refractivity contribution in [3.8, 4) is 22.6 Å². The maximum atomic E-state index is 12.9. The van der Waals surface area contributed by atoms with E-state index in [4.69, 9.17) is 14.2 Å². The largest absolute Gasteiger partial charge is 0.507 e. The van der Waals surface area contributed by atoms with Crippen molar-refractivity contribution in [2.24, 2.45) is 0 Å². The maximum Gasteiger partial charge on any atom is 0.340 e. The summed E-state index contributed by atoms with van der Waals surface area (Å²) in [5, 5.41) is 11.2. The summed E-state index contributed by atoms with van der Waals surface area (Å²) in [7, 11) is 0. The second-order valence-corrected chi connectivity index (χ2v) is 7.25. The number of nitrogens with one attached hydrogen (secondary N) is 1. The molecule has 2 N–H and O–H groups in total. The van der Waals surface area contributed by atoms with E-state index in [1.165, 1.54) is 0 Å². The smallest absolute Gasteiger partial charge is 0.340 e. The fraction of sp³-hybridized carbons (Fsp3) is 0.333. The molecule has 0 aliphatic rings. The first kappa shape index (κ1) is 22.2. The van der Waals surface area contributed by atoms with Crippen molar-refractivity contribution in [3.05, 3.63) is 47.7 Å². The van der Waals surface area contributed by atoms with Crippen LogP contribution in [0.3, 0.4) is 0 Å². The van der Waals surface area contributed by atoms with Crippen molar-refractivity contribution in [2.75, 3.05) is 13.2 Å². The Morgan fingerprint density at radius 2 is 1.68 bits per heavy atom. The molecule has 0 saturated carbocycles. The first-order valence-corrected chi connectivity index (χ1v) is 10.3. The molecule has 2 aromatic carbocycles. The molecule has 164 valence electrons. The highest BCUT2D eigenvalue weighted by Gasteiger charge is 2.26. The minimum atomic E-state index is -0.570. The number of aromatic hydroxyl groups is 1. The Morgan fingerprint density at radius 1 is 1.00 bits per heavy atom. The zero-order valence-electron chi connectivity index (χ0n) is 18.2. The van der Waals surface area contributed by atoms with Gasteiger partial charge in [0.2, 0.25) is 0 Å². The van der Waals surface area contributed by atoms with Gasteiger partial charge in [0.1, 0.15) is 11.5 Å². The molecule has 31 heavy (non-hydrogen) atoms. The standard InChI is InChI=1S/C24H27NO6/c1-5-29-20(27)13-18-23(24(28)30-6-2)22-17(25-18)11-12-19(26)21(22)15-7-9-16(10-8-15)31-14(3)4/h7-12,14,25-26H,5-6,13H2,1-4H3. The van der Waals surface area contributed by atoms with Gasteiger partial charge in [-0.1, -0.05) is 12.1 Å². The summed E-state index contributed by atoms with van der Waals surface area (Å²) in [6.07, 6.45) is -0.0777. The Hall–Kier alpha value is -3.48. The van der Waals surface area contributed by atoms with Crippen LogP contribution < -0.4 is 4.74 Å². The topological polar surface area (TPSA) is 97.9 Å². The number of hydrogen-bond donors (Lipinski definition) is 2. The molecule has 1 aromatic heterocycles. The van der Waals surface area contributed by atoms with Gasteiger partial charge in [0, 0.05) is 22.2 Å². The molecular weight excluding hydrogens is 398 g/mol. The number of aromatic amines is 1. The summed E-state index contributed by atoms with van der Waals surface area (Å²) >= 11 is 0. The van der Waals surface area contributed by atoms with Crippen LogP contribution in [0.5, 0.6) is 11.5 Å². The molecule has 0 radical (unpaired) electrons. The Labute approximate surface area is 180 Å². The molecule has 0 aliphatic heterocycles. The number of benzene rings is 2. The molecule has 0 atom stereocenters. The second-order valence-electron chi connectivity index (χ2n) is 7.25. The van der Waals surface area contributed by atoms with E-state index in [0.717, 1.165) is 0 Å².